The number of nitrogens with zero attached hydrogens (tertiary/aromatic N) is 1. The summed E-state index contributed by atoms with van der Waals surface area (Å²) >= 11 is 26.0. The standard InChI is InChI=1S/C18H12Cl4N2O2S2/c19-9-1-2-16-11(5-9)18-12(8-28(16,25)26)15(3-4-27-18)23-24-17-13(21)6-10(20)7-14(17)22/h1-2,5-7,24H,3-4,8H2/b23-15+. The molecule has 0 aliphatic carbocycles. The van der Waals surface area contributed by atoms with Crippen LogP contribution in [-0.4, -0.2) is 25.6 Å². The topological polar surface area (TPSA) is 58.5 Å². The van der Waals surface area contributed by atoms with E-state index in [-0.39, 0.29) is 5.75 Å². The molecule has 2 aromatic rings. The summed E-state index contributed by atoms with van der Waals surface area (Å²) in [5.74, 6) is 0.667. The van der Waals surface area contributed by atoms with Gasteiger partial charge >= 0.3 is 0 Å². The molecule has 2 aromatic carbocycles. The van der Waals surface area contributed by atoms with E-state index in [0.717, 1.165) is 10.7 Å². The number of halogens is 4. The van der Waals surface area contributed by atoms with Crippen LogP contribution < -0.4 is 5.43 Å². The maximum absolute atomic E-state index is 12.8. The van der Waals surface area contributed by atoms with E-state index in [4.69, 9.17) is 46.4 Å². The zero-order chi connectivity index (χ0) is 20.1. The Morgan fingerprint density at radius 3 is 2.43 bits per heavy atom. The number of rotatable bonds is 2. The number of thioether (sulfide) groups is 1. The van der Waals surface area contributed by atoms with Gasteiger partial charge in [-0.1, -0.05) is 46.4 Å². The third kappa shape index (κ3) is 3.78. The number of benzene rings is 2. The molecule has 0 aromatic heterocycles. The average molecular weight is 494 g/mol. The molecule has 0 bridgehead atoms. The van der Waals surface area contributed by atoms with Crippen LogP contribution in [0.4, 0.5) is 5.69 Å². The Morgan fingerprint density at radius 2 is 1.71 bits per heavy atom. The first kappa shape index (κ1) is 20.4. The monoisotopic (exact) mass is 492 g/mol. The molecular formula is C18H12Cl4N2O2S2. The van der Waals surface area contributed by atoms with Crippen LogP contribution in [0.1, 0.15) is 12.0 Å². The summed E-state index contributed by atoms with van der Waals surface area (Å²) in [6.45, 7) is 0. The minimum atomic E-state index is -3.48. The number of nitrogens with one attached hydrogen (secondary N) is 1. The van der Waals surface area contributed by atoms with Crippen molar-refractivity contribution in [3.05, 3.63) is 61.6 Å². The van der Waals surface area contributed by atoms with E-state index in [1.54, 1.807) is 42.1 Å². The number of hydrogen-bond donors (Lipinski definition) is 1. The van der Waals surface area contributed by atoms with Crippen molar-refractivity contribution < 1.29 is 8.42 Å². The van der Waals surface area contributed by atoms with E-state index in [0.29, 0.717) is 53.9 Å². The molecule has 0 unspecified atom stereocenters. The van der Waals surface area contributed by atoms with E-state index < -0.39 is 9.84 Å². The Kier molecular flexibility index (Phi) is 5.64. The summed E-state index contributed by atoms with van der Waals surface area (Å²) in [6.07, 6.45) is 0.616. The molecule has 4 nitrogen and oxygen atoms in total. The van der Waals surface area contributed by atoms with Crippen molar-refractivity contribution in [1.29, 1.82) is 0 Å². The van der Waals surface area contributed by atoms with E-state index in [9.17, 15) is 8.42 Å². The van der Waals surface area contributed by atoms with Crippen molar-refractivity contribution in [2.24, 2.45) is 5.10 Å². The number of hydrazone groups is 1. The lowest BCUT2D eigenvalue weighted by atomic mass is 10.0. The molecule has 2 aliphatic heterocycles. The highest BCUT2D eigenvalue weighted by atomic mass is 35.5. The second kappa shape index (κ2) is 7.74. The molecule has 0 fully saturated rings. The molecule has 0 amide bonds. The first-order valence-electron chi connectivity index (χ1n) is 8.12. The highest BCUT2D eigenvalue weighted by Crippen LogP contribution is 2.44. The number of sulfone groups is 1. The average Bonchev–Trinajstić information content (AvgIpc) is 2.60. The molecule has 10 heteroatoms. The molecule has 0 atom stereocenters. The summed E-state index contributed by atoms with van der Waals surface area (Å²) in [4.78, 5) is 1.20. The van der Waals surface area contributed by atoms with Gasteiger partial charge in [0.05, 0.1) is 32.1 Å². The first-order chi connectivity index (χ1) is 13.3. The van der Waals surface area contributed by atoms with Crippen LogP contribution in [0.3, 0.4) is 0 Å². The number of fused-ring (bicyclic) bond motifs is 2. The Morgan fingerprint density at radius 1 is 1.00 bits per heavy atom. The Balaban J connectivity index is 1.79. The summed E-state index contributed by atoms with van der Waals surface area (Å²) < 4.78 is 25.6. The van der Waals surface area contributed by atoms with Gasteiger partial charge in [-0.25, -0.2) is 8.42 Å². The van der Waals surface area contributed by atoms with Gasteiger partial charge < -0.3 is 0 Å². The van der Waals surface area contributed by atoms with Crippen LogP contribution in [0.2, 0.25) is 20.1 Å². The molecule has 146 valence electrons. The fourth-order valence-corrected chi connectivity index (χ4v) is 7.16. The van der Waals surface area contributed by atoms with Gasteiger partial charge in [0.1, 0.15) is 0 Å². The molecular weight excluding hydrogens is 482 g/mol. The lowest BCUT2D eigenvalue weighted by Gasteiger charge is -2.27. The first-order valence-corrected chi connectivity index (χ1v) is 12.3. The molecule has 28 heavy (non-hydrogen) atoms. The molecule has 2 heterocycles. The van der Waals surface area contributed by atoms with Gasteiger partial charge in [-0.15, -0.1) is 11.8 Å². The summed E-state index contributed by atoms with van der Waals surface area (Å²) in [6, 6.07) is 7.97. The Hall–Kier alpha value is -0.890. The predicted molar refractivity (Wildman–Crippen MR) is 120 cm³/mol. The fraction of sp³-hybridized carbons (Fsp3) is 0.167. The van der Waals surface area contributed by atoms with Crippen molar-refractivity contribution in [2.75, 3.05) is 16.9 Å². The zero-order valence-corrected chi connectivity index (χ0v) is 18.8. The molecule has 2 aliphatic rings. The molecule has 1 N–H and O–H groups in total. The second-order valence-corrected chi connectivity index (χ2v) is 11.0. The van der Waals surface area contributed by atoms with Crippen LogP contribution in [0.5, 0.6) is 0 Å². The lowest BCUT2D eigenvalue weighted by Crippen LogP contribution is -2.25. The van der Waals surface area contributed by atoms with Gasteiger partial charge in [-0.2, -0.15) is 5.10 Å². The van der Waals surface area contributed by atoms with Gasteiger partial charge in [0.25, 0.3) is 0 Å². The third-order valence-electron chi connectivity index (χ3n) is 4.37. The molecule has 4 rings (SSSR count). The van der Waals surface area contributed by atoms with Gasteiger partial charge in [0.2, 0.25) is 0 Å². The number of hydrogen-bond acceptors (Lipinski definition) is 5. The highest BCUT2D eigenvalue weighted by Gasteiger charge is 2.34. The maximum Gasteiger partial charge on any atom is 0.183 e. The minimum absolute atomic E-state index is 0.105. The van der Waals surface area contributed by atoms with E-state index in [2.05, 4.69) is 10.5 Å². The van der Waals surface area contributed by atoms with Gasteiger partial charge in [-0.3, -0.25) is 5.43 Å². The predicted octanol–water partition coefficient (Wildman–Crippen LogP) is 6.40. The van der Waals surface area contributed by atoms with Crippen molar-refractivity contribution in [3.8, 4) is 0 Å². The van der Waals surface area contributed by atoms with Crippen LogP contribution in [0.15, 0.2) is 45.9 Å². The van der Waals surface area contributed by atoms with Crippen LogP contribution in [0.25, 0.3) is 4.91 Å². The van der Waals surface area contributed by atoms with E-state index in [1.165, 1.54) is 0 Å². The Bertz CT molecular complexity index is 1140. The minimum Gasteiger partial charge on any atom is -0.275 e. The quantitative estimate of drug-likeness (QED) is 0.491. The fourth-order valence-electron chi connectivity index (χ4n) is 3.12. The van der Waals surface area contributed by atoms with Crippen molar-refractivity contribution in [1.82, 2.24) is 0 Å². The van der Waals surface area contributed by atoms with Crippen LogP contribution >= 0.6 is 58.2 Å². The van der Waals surface area contributed by atoms with Gasteiger partial charge in [-0.05, 0) is 30.3 Å². The van der Waals surface area contributed by atoms with Crippen molar-refractivity contribution in [2.45, 2.75) is 11.3 Å². The summed E-state index contributed by atoms with van der Waals surface area (Å²) in [5.41, 5.74) is 5.27. The maximum atomic E-state index is 12.8. The lowest BCUT2D eigenvalue weighted by molar-refractivity contribution is 0.597. The van der Waals surface area contributed by atoms with Gasteiger partial charge in [0, 0.05) is 38.3 Å². The molecule has 0 saturated carbocycles. The second-order valence-electron chi connectivity index (χ2n) is 6.22. The van der Waals surface area contributed by atoms with Crippen molar-refractivity contribution >= 4 is 84.3 Å². The molecule has 0 spiro atoms. The number of anilines is 1. The van der Waals surface area contributed by atoms with Crippen molar-refractivity contribution in [3.63, 3.8) is 0 Å². The van der Waals surface area contributed by atoms with Crippen LogP contribution in [0, 0.1) is 0 Å². The van der Waals surface area contributed by atoms with Crippen LogP contribution in [-0.2, 0) is 9.84 Å². The Labute approximate surface area is 186 Å². The summed E-state index contributed by atoms with van der Waals surface area (Å²) in [7, 11) is -3.48. The SMILES string of the molecule is O=S1(=O)CC2=C(SCC/C2=N\Nc2c(Cl)cc(Cl)cc2Cl)c2cc(Cl)ccc21. The smallest absolute Gasteiger partial charge is 0.183 e. The third-order valence-corrected chi connectivity index (χ3v) is 8.28. The zero-order valence-electron chi connectivity index (χ0n) is 14.1. The largest absolute Gasteiger partial charge is 0.275 e. The summed E-state index contributed by atoms with van der Waals surface area (Å²) in [5, 5.41) is 6.00. The molecule has 0 radical (unpaired) electrons. The molecule has 0 saturated heterocycles. The van der Waals surface area contributed by atoms with E-state index in [1.807, 2.05) is 0 Å². The highest BCUT2D eigenvalue weighted by molar-refractivity contribution is 8.08. The van der Waals surface area contributed by atoms with E-state index >= 15 is 0 Å². The van der Waals surface area contributed by atoms with Gasteiger partial charge in [0.15, 0.2) is 9.84 Å². The normalized spacial score (nSPS) is 19.4.